The van der Waals surface area contributed by atoms with E-state index in [1.807, 2.05) is 0 Å². The molecular weight excluding hydrogens is 286 g/mol. The highest BCUT2D eigenvalue weighted by molar-refractivity contribution is 5.85. The Bertz CT molecular complexity index is 321. The van der Waals surface area contributed by atoms with Crippen molar-refractivity contribution >= 4 is 18.3 Å². The third-order valence-electron chi connectivity index (χ3n) is 5.14. The highest BCUT2D eigenvalue weighted by atomic mass is 35.5. The number of hydrogen-bond acceptors (Lipinski definition) is 3. The molecule has 2 unspecified atom stereocenters. The van der Waals surface area contributed by atoms with E-state index in [4.69, 9.17) is 5.73 Å². The minimum absolute atomic E-state index is 0. The number of likely N-dealkylation sites (N-methyl/N-ethyl adjacent to an activating group) is 1. The molecule has 1 aliphatic carbocycles. The van der Waals surface area contributed by atoms with Crippen LogP contribution in [-0.2, 0) is 4.79 Å². The molecule has 0 bridgehead atoms. The van der Waals surface area contributed by atoms with Crippen LogP contribution in [0.4, 0.5) is 0 Å². The van der Waals surface area contributed by atoms with Crippen LogP contribution in [0.1, 0.15) is 52.4 Å². The number of hydrogen-bond donors (Lipinski definition) is 1. The van der Waals surface area contributed by atoms with Gasteiger partial charge in [0.1, 0.15) is 0 Å². The molecule has 2 aliphatic rings. The Hall–Kier alpha value is -0.320. The first-order valence-corrected chi connectivity index (χ1v) is 8.39. The zero-order valence-corrected chi connectivity index (χ0v) is 14.4. The molecule has 124 valence electrons. The number of halogens is 1. The molecule has 2 N–H and O–H groups in total. The highest BCUT2D eigenvalue weighted by Gasteiger charge is 2.32. The van der Waals surface area contributed by atoms with Crippen LogP contribution >= 0.6 is 12.4 Å². The van der Waals surface area contributed by atoms with Crippen molar-refractivity contribution in [3.8, 4) is 0 Å². The second kappa shape index (κ2) is 8.96. The monoisotopic (exact) mass is 317 g/mol. The Morgan fingerprint density at radius 3 is 2.48 bits per heavy atom. The van der Waals surface area contributed by atoms with Crippen molar-refractivity contribution < 1.29 is 4.79 Å². The lowest BCUT2D eigenvalue weighted by molar-refractivity contribution is -0.135. The number of amides is 1. The molecule has 1 heterocycles. The van der Waals surface area contributed by atoms with Gasteiger partial charge in [0.15, 0.2) is 0 Å². The van der Waals surface area contributed by atoms with Gasteiger partial charge in [-0.15, -0.1) is 12.4 Å². The van der Waals surface area contributed by atoms with E-state index in [0.29, 0.717) is 30.5 Å². The molecule has 1 amide bonds. The lowest BCUT2D eigenvalue weighted by Crippen LogP contribution is -2.47. The molecule has 0 aromatic rings. The van der Waals surface area contributed by atoms with E-state index in [-0.39, 0.29) is 12.4 Å². The minimum Gasteiger partial charge on any atom is -0.339 e. The van der Waals surface area contributed by atoms with Crippen LogP contribution in [0.5, 0.6) is 0 Å². The summed E-state index contributed by atoms with van der Waals surface area (Å²) in [6, 6.07) is 0.988. The highest BCUT2D eigenvalue weighted by Crippen LogP contribution is 2.25. The number of likely N-dealkylation sites (tertiary alicyclic amines) is 1. The van der Waals surface area contributed by atoms with Gasteiger partial charge in [0, 0.05) is 25.2 Å². The molecular formula is C16H32ClN3O. The topological polar surface area (TPSA) is 49.6 Å². The Morgan fingerprint density at radius 1 is 1.29 bits per heavy atom. The van der Waals surface area contributed by atoms with Gasteiger partial charge in [0.2, 0.25) is 5.91 Å². The van der Waals surface area contributed by atoms with E-state index >= 15 is 0 Å². The quantitative estimate of drug-likeness (QED) is 0.846. The van der Waals surface area contributed by atoms with Crippen LogP contribution in [0.15, 0.2) is 0 Å². The zero-order chi connectivity index (χ0) is 14.5. The van der Waals surface area contributed by atoms with E-state index in [0.717, 1.165) is 26.1 Å². The van der Waals surface area contributed by atoms with Crippen molar-refractivity contribution in [1.29, 1.82) is 0 Å². The van der Waals surface area contributed by atoms with Crippen molar-refractivity contribution in [2.24, 2.45) is 11.7 Å². The first kappa shape index (κ1) is 18.7. The SMILES string of the molecule is CCN(C(=O)CN1CC(CN)CC1C)C1CCCCC1.Cl. The van der Waals surface area contributed by atoms with Gasteiger partial charge in [-0.2, -0.15) is 0 Å². The summed E-state index contributed by atoms with van der Waals surface area (Å²) in [6.45, 7) is 7.51. The molecule has 0 aromatic carbocycles. The first-order chi connectivity index (χ1) is 9.65. The van der Waals surface area contributed by atoms with Gasteiger partial charge in [-0.3, -0.25) is 9.69 Å². The summed E-state index contributed by atoms with van der Waals surface area (Å²) in [5.41, 5.74) is 5.77. The van der Waals surface area contributed by atoms with Crippen molar-refractivity contribution in [3.05, 3.63) is 0 Å². The molecule has 5 heteroatoms. The van der Waals surface area contributed by atoms with Crippen molar-refractivity contribution in [1.82, 2.24) is 9.80 Å². The van der Waals surface area contributed by atoms with Crippen LogP contribution in [0, 0.1) is 5.92 Å². The summed E-state index contributed by atoms with van der Waals surface area (Å²) in [5.74, 6) is 0.895. The third kappa shape index (κ3) is 4.83. The maximum Gasteiger partial charge on any atom is 0.236 e. The first-order valence-electron chi connectivity index (χ1n) is 8.39. The lowest BCUT2D eigenvalue weighted by Gasteiger charge is -2.35. The summed E-state index contributed by atoms with van der Waals surface area (Å²) < 4.78 is 0. The molecule has 1 saturated heterocycles. The third-order valence-corrected chi connectivity index (χ3v) is 5.14. The average Bonchev–Trinajstić information content (AvgIpc) is 2.81. The molecule has 0 aromatic heterocycles. The fourth-order valence-electron chi connectivity index (χ4n) is 3.90. The largest absolute Gasteiger partial charge is 0.339 e. The summed E-state index contributed by atoms with van der Waals surface area (Å²) >= 11 is 0. The van der Waals surface area contributed by atoms with Crippen molar-refractivity contribution in [3.63, 3.8) is 0 Å². The second-order valence-electron chi connectivity index (χ2n) is 6.59. The van der Waals surface area contributed by atoms with Crippen LogP contribution < -0.4 is 5.73 Å². The van der Waals surface area contributed by atoms with Gasteiger partial charge in [0.25, 0.3) is 0 Å². The summed E-state index contributed by atoms with van der Waals surface area (Å²) in [7, 11) is 0. The molecule has 1 saturated carbocycles. The predicted octanol–water partition coefficient (Wildman–Crippen LogP) is 2.26. The maximum absolute atomic E-state index is 12.6. The molecule has 0 radical (unpaired) electrons. The smallest absolute Gasteiger partial charge is 0.236 e. The summed E-state index contributed by atoms with van der Waals surface area (Å²) in [4.78, 5) is 17.1. The van der Waals surface area contributed by atoms with Crippen LogP contribution in [0.2, 0.25) is 0 Å². The molecule has 21 heavy (non-hydrogen) atoms. The number of nitrogens with zero attached hydrogens (tertiary/aromatic N) is 2. The van der Waals surface area contributed by atoms with Crippen molar-refractivity contribution in [2.75, 3.05) is 26.2 Å². The maximum atomic E-state index is 12.6. The molecule has 4 nitrogen and oxygen atoms in total. The van der Waals surface area contributed by atoms with E-state index in [9.17, 15) is 4.79 Å². The molecule has 2 atom stereocenters. The van der Waals surface area contributed by atoms with Crippen molar-refractivity contribution in [2.45, 2.75) is 64.5 Å². The van der Waals surface area contributed by atoms with Gasteiger partial charge in [-0.05, 0) is 45.6 Å². The number of carbonyl (C=O) groups is 1. The fourth-order valence-corrected chi connectivity index (χ4v) is 3.90. The van der Waals surface area contributed by atoms with Gasteiger partial charge in [0.05, 0.1) is 6.54 Å². The zero-order valence-electron chi connectivity index (χ0n) is 13.6. The second-order valence-corrected chi connectivity index (χ2v) is 6.59. The normalized spacial score (nSPS) is 27.4. The van der Waals surface area contributed by atoms with Gasteiger partial charge < -0.3 is 10.6 Å². The average molecular weight is 318 g/mol. The summed E-state index contributed by atoms with van der Waals surface area (Å²) in [5, 5.41) is 0. The standard InChI is InChI=1S/C16H31N3O.ClH/c1-3-19(15-7-5-4-6-8-15)16(20)12-18-11-14(10-17)9-13(18)2;/h13-15H,3-12,17H2,1-2H3;1H. The van der Waals surface area contributed by atoms with Gasteiger partial charge in [-0.1, -0.05) is 19.3 Å². The van der Waals surface area contributed by atoms with Crippen LogP contribution in [-0.4, -0.2) is 54.0 Å². The fraction of sp³-hybridized carbons (Fsp3) is 0.938. The molecule has 2 rings (SSSR count). The van der Waals surface area contributed by atoms with Gasteiger partial charge in [-0.25, -0.2) is 0 Å². The van der Waals surface area contributed by atoms with E-state index in [1.54, 1.807) is 0 Å². The minimum atomic E-state index is 0. The number of nitrogens with two attached hydrogens (primary N) is 1. The van der Waals surface area contributed by atoms with Crippen LogP contribution in [0.3, 0.4) is 0 Å². The Balaban J connectivity index is 0.00000220. The van der Waals surface area contributed by atoms with E-state index in [2.05, 4.69) is 23.6 Å². The Morgan fingerprint density at radius 2 is 1.95 bits per heavy atom. The number of rotatable bonds is 5. The lowest BCUT2D eigenvalue weighted by atomic mass is 9.94. The Labute approximate surface area is 135 Å². The number of carbonyl (C=O) groups excluding carboxylic acids is 1. The molecule has 0 spiro atoms. The van der Waals surface area contributed by atoms with Crippen LogP contribution in [0.25, 0.3) is 0 Å². The molecule has 1 aliphatic heterocycles. The van der Waals surface area contributed by atoms with Gasteiger partial charge >= 0.3 is 0 Å². The summed E-state index contributed by atoms with van der Waals surface area (Å²) in [6.07, 6.45) is 7.43. The van der Waals surface area contributed by atoms with E-state index in [1.165, 1.54) is 32.1 Å². The Kier molecular flexibility index (Phi) is 7.99. The molecule has 2 fully saturated rings. The van der Waals surface area contributed by atoms with E-state index < -0.39 is 0 Å². The predicted molar refractivity (Wildman–Crippen MR) is 89.7 cm³/mol.